The van der Waals surface area contributed by atoms with Gasteiger partial charge < -0.3 is 0 Å². The summed E-state index contributed by atoms with van der Waals surface area (Å²) in [5.41, 5.74) is 3.51. The van der Waals surface area contributed by atoms with E-state index in [9.17, 15) is 0 Å². The van der Waals surface area contributed by atoms with Crippen molar-refractivity contribution in [1.29, 1.82) is 0 Å². The Morgan fingerprint density at radius 1 is 0.394 bits per heavy atom. The number of hydrogen-bond donors (Lipinski definition) is 0. The highest BCUT2D eigenvalue weighted by molar-refractivity contribution is 6.32. The first-order chi connectivity index (χ1) is 16.2. The molecule has 0 bridgehead atoms. The first-order valence-electron chi connectivity index (χ1n) is 10.8. The third-order valence-electron chi connectivity index (χ3n) is 5.82. The lowest BCUT2D eigenvalue weighted by atomic mass is 9.95. The summed E-state index contributed by atoms with van der Waals surface area (Å²) >= 11 is 0. The molecule has 1 heterocycles. The Balaban J connectivity index is 1.56. The Morgan fingerprint density at radius 3 is 1.27 bits per heavy atom. The van der Waals surface area contributed by atoms with E-state index < -0.39 is 0 Å². The van der Waals surface area contributed by atoms with Gasteiger partial charge in [-0.2, -0.15) is 0 Å². The summed E-state index contributed by atoms with van der Waals surface area (Å²) in [6.45, 7) is 0. The van der Waals surface area contributed by atoms with Crippen LogP contribution in [0.4, 0.5) is 0 Å². The van der Waals surface area contributed by atoms with Crippen molar-refractivity contribution in [3.05, 3.63) is 109 Å². The Labute approximate surface area is 193 Å². The number of fused-ring (bicyclic) bond motifs is 2. The van der Waals surface area contributed by atoms with Crippen LogP contribution in [0.2, 0.25) is 0 Å². The van der Waals surface area contributed by atoms with Crippen molar-refractivity contribution < 1.29 is 0 Å². The van der Waals surface area contributed by atoms with Crippen molar-refractivity contribution in [3.8, 4) is 34.2 Å². The number of rotatable bonds is 3. The lowest BCUT2D eigenvalue weighted by Crippen LogP contribution is -2.03. The fraction of sp³-hybridized carbons (Fsp3) is 0. The van der Waals surface area contributed by atoms with Gasteiger partial charge in [0.2, 0.25) is 0 Å². The Kier molecular flexibility index (Phi) is 4.69. The second kappa shape index (κ2) is 7.99. The molecule has 33 heavy (non-hydrogen) atoms. The smallest absolute Gasteiger partial charge is 0.164 e. The van der Waals surface area contributed by atoms with Gasteiger partial charge >= 0.3 is 0 Å². The molecule has 0 amide bonds. The van der Waals surface area contributed by atoms with Crippen molar-refractivity contribution in [2.24, 2.45) is 0 Å². The molecule has 6 rings (SSSR count). The second-order valence-electron chi connectivity index (χ2n) is 8.05. The third kappa shape index (κ3) is 3.76. The van der Waals surface area contributed by atoms with Crippen LogP contribution < -0.4 is 5.46 Å². The van der Waals surface area contributed by atoms with Crippen LogP contribution in [-0.4, -0.2) is 22.8 Å². The predicted molar refractivity (Wildman–Crippen MR) is 137 cm³/mol. The highest BCUT2D eigenvalue weighted by atomic mass is 15.0. The van der Waals surface area contributed by atoms with E-state index >= 15 is 0 Å². The van der Waals surface area contributed by atoms with Gasteiger partial charge in [0.25, 0.3) is 0 Å². The van der Waals surface area contributed by atoms with E-state index in [2.05, 4.69) is 60.7 Å². The van der Waals surface area contributed by atoms with Crippen molar-refractivity contribution in [1.82, 2.24) is 15.0 Å². The molecule has 0 aliphatic rings. The van der Waals surface area contributed by atoms with Gasteiger partial charge in [-0.15, -0.1) is 0 Å². The van der Waals surface area contributed by atoms with Crippen molar-refractivity contribution in [2.45, 2.75) is 0 Å². The minimum Gasteiger partial charge on any atom is -0.208 e. The summed E-state index contributed by atoms with van der Waals surface area (Å²) < 4.78 is 0. The second-order valence-corrected chi connectivity index (χ2v) is 8.05. The van der Waals surface area contributed by atoms with Crippen LogP contribution in [0.5, 0.6) is 0 Å². The van der Waals surface area contributed by atoms with Gasteiger partial charge in [0.15, 0.2) is 17.5 Å². The number of aromatic nitrogens is 3. The Bertz CT molecular complexity index is 1530. The van der Waals surface area contributed by atoms with Crippen LogP contribution in [0.1, 0.15) is 0 Å². The maximum Gasteiger partial charge on any atom is 0.164 e. The fourth-order valence-electron chi connectivity index (χ4n) is 4.05. The number of benzene rings is 5. The van der Waals surface area contributed by atoms with E-state index in [1.54, 1.807) is 0 Å². The van der Waals surface area contributed by atoms with Crippen molar-refractivity contribution >= 4 is 34.9 Å². The number of nitrogens with zero attached hydrogens (tertiary/aromatic N) is 3. The molecule has 0 N–H and O–H groups in total. The number of hydrogen-bond acceptors (Lipinski definition) is 3. The van der Waals surface area contributed by atoms with Crippen LogP contribution in [0.3, 0.4) is 0 Å². The van der Waals surface area contributed by atoms with Crippen LogP contribution in [-0.2, 0) is 0 Å². The zero-order chi connectivity index (χ0) is 22.2. The molecule has 0 unspecified atom stereocenters. The van der Waals surface area contributed by atoms with Crippen LogP contribution in [0.25, 0.3) is 55.7 Å². The van der Waals surface area contributed by atoms with Gasteiger partial charge in [-0.25, -0.2) is 15.0 Å². The molecular formula is C29H18BN3. The largest absolute Gasteiger partial charge is 0.208 e. The molecule has 4 heteroatoms. The first-order valence-corrected chi connectivity index (χ1v) is 10.8. The van der Waals surface area contributed by atoms with E-state index in [1.807, 2.05) is 48.5 Å². The van der Waals surface area contributed by atoms with E-state index in [0.29, 0.717) is 22.9 Å². The molecule has 152 valence electrons. The van der Waals surface area contributed by atoms with Crippen molar-refractivity contribution in [2.75, 3.05) is 0 Å². The van der Waals surface area contributed by atoms with Crippen LogP contribution >= 0.6 is 0 Å². The van der Waals surface area contributed by atoms with Gasteiger partial charge in [-0.05, 0) is 33.7 Å². The molecule has 5 aromatic carbocycles. The molecule has 2 radical (unpaired) electrons. The summed E-state index contributed by atoms with van der Waals surface area (Å²) in [5.74, 6) is 1.91. The molecule has 0 aliphatic heterocycles. The molecule has 0 aliphatic carbocycles. The summed E-state index contributed by atoms with van der Waals surface area (Å²) in [5, 5.41) is 4.67. The minimum absolute atomic E-state index is 0.622. The van der Waals surface area contributed by atoms with Gasteiger partial charge in [0.1, 0.15) is 7.85 Å². The lowest BCUT2D eigenvalue weighted by molar-refractivity contribution is 1.08. The van der Waals surface area contributed by atoms with Gasteiger partial charge in [0.05, 0.1) is 0 Å². The molecule has 6 aromatic rings. The molecule has 0 saturated heterocycles. The summed E-state index contributed by atoms with van der Waals surface area (Å²) in [6.07, 6.45) is 0. The van der Waals surface area contributed by atoms with E-state index in [0.717, 1.165) is 27.5 Å². The molecule has 0 fully saturated rings. The summed E-state index contributed by atoms with van der Waals surface area (Å²) in [7, 11) is 5.90. The average Bonchev–Trinajstić information content (AvgIpc) is 2.88. The van der Waals surface area contributed by atoms with Crippen molar-refractivity contribution in [3.63, 3.8) is 0 Å². The van der Waals surface area contributed by atoms with Gasteiger partial charge in [-0.1, -0.05) is 103 Å². The van der Waals surface area contributed by atoms with Gasteiger partial charge in [-0.3, -0.25) is 0 Å². The highest BCUT2D eigenvalue weighted by Gasteiger charge is 2.13. The average molecular weight is 419 g/mol. The quantitative estimate of drug-likeness (QED) is 0.332. The summed E-state index contributed by atoms with van der Waals surface area (Å²) in [6, 6.07) is 36.8. The molecule has 3 nitrogen and oxygen atoms in total. The molecule has 1 aromatic heterocycles. The molecule has 0 atom stereocenters. The first kappa shape index (κ1) is 19.4. The normalized spacial score (nSPS) is 11.2. The highest BCUT2D eigenvalue weighted by Crippen LogP contribution is 2.28. The third-order valence-corrected chi connectivity index (χ3v) is 5.82. The predicted octanol–water partition coefficient (Wildman–Crippen LogP) is 5.97. The standard InChI is InChI=1S/C29H18BN3/c30-26-15-13-21(14-16-26)27-31-28(24-11-9-19-5-1-3-7-22(19)17-24)33-29(32-27)25-12-10-20-6-2-4-8-23(20)18-25/h1-18H. The molecular weight excluding hydrogens is 401 g/mol. The lowest BCUT2D eigenvalue weighted by Gasteiger charge is -2.10. The monoisotopic (exact) mass is 419 g/mol. The Hall–Kier alpha value is -4.31. The van der Waals surface area contributed by atoms with Crippen LogP contribution in [0, 0.1) is 0 Å². The van der Waals surface area contributed by atoms with E-state index in [4.69, 9.17) is 22.8 Å². The fourth-order valence-corrected chi connectivity index (χ4v) is 4.05. The van der Waals surface area contributed by atoms with E-state index in [1.165, 1.54) is 10.8 Å². The topological polar surface area (TPSA) is 38.7 Å². The van der Waals surface area contributed by atoms with Gasteiger partial charge in [0, 0.05) is 16.7 Å². The summed E-state index contributed by atoms with van der Waals surface area (Å²) in [4.78, 5) is 14.6. The van der Waals surface area contributed by atoms with Crippen LogP contribution in [0.15, 0.2) is 109 Å². The maximum absolute atomic E-state index is 5.90. The van der Waals surface area contributed by atoms with E-state index in [-0.39, 0.29) is 0 Å². The SMILES string of the molecule is [B]c1ccc(-c2nc(-c3ccc4ccccc4c3)nc(-c3ccc4ccccc4c3)n2)cc1. The minimum atomic E-state index is 0.622. The Morgan fingerprint density at radius 2 is 0.788 bits per heavy atom. The maximum atomic E-state index is 5.90. The zero-order valence-corrected chi connectivity index (χ0v) is 17.8. The zero-order valence-electron chi connectivity index (χ0n) is 17.8. The molecule has 0 spiro atoms. The molecule has 0 saturated carbocycles.